The second-order valence-electron chi connectivity index (χ2n) is 6.13. The molecule has 0 aliphatic carbocycles. The molecule has 1 aliphatic heterocycles. The van der Waals surface area contributed by atoms with Gasteiger partial charge in [-0.1, -0.05) is 30.3 Å². The van der Waals surface area contributed by atoms with E-state index in [1.165, 1.54) is 4.31 Å². The van der Waals surface area contributed by atoms with Gasteiger partial charge in [0, 0.05) is 30.6 Å². The summed E-state index contributed by atoms with van der Waals surface area (Å²) in [5.41, 5.74) is 1.76. The van der Waals surface area contributed by atoms with Gasteiger partial charge in [-0.15, -0.1) is 0 Å². The number of Topliss-reactive ketones (excluding diaryl/α,β-unsaturated/α-hetero) is 1. The highest BCUT2D eigenvalue weighted by Crippen LogP contribution is 2.25. The van der Waals surface area contributed by atoms with Crippen LogP contribution >= 0.6 is 0 Å². The third-order valence-corrected chi connectivity index (χ3v) is 6.08. The topological polar surface area (TPSA) is 83.6 Å². The van der Waals surface area contributed by atoms with Crippen LogP contribution in [0.5, 0.6) is 0 Å². The Labute approximate surface area is 152 Å². The summed E-state index contributed by atoms with van der Waals surface area (Å²) in [6.07, 6.45) is 0.853. The van der Waals surface area contributed by atoms with Crippen LogP contribution in [0.1, 0.15) is 29.6 Å². The summed E-state index contributed by atoms with van der Waals surface area (Å²) in [5.74, 6) is -0.160. The zero-order valence-electron chi connectivity index (χ0n) is 14.2. The lowest BCUT2D eigenvalue weighted by atomic mass is 10.1. The quantitative estimate of drug-likeness (QED) is 0.791. The van der Waals surface area contributed by atoms with Crippen LogP contribution in [-0.4, -0.2) is 32.4 Å². The van der Waals surface area contributed by atoms with Gasteiger partial charge in [-0.05, 0) is 30.7 Å². The average Bonchev–Trinajstić information content (AvgIpc) is 3.00. The van der Waals surface area contributed by atoms with Crippen LogP contribution in [0.25, 0.3) is 0 Å². The maximum absolute atomic E-state index is 12.0. The molecule has 1 fully saturated rings. The molecule has 0 spiro atoms. The summed E-state index contributed by atoms with van der Waals surface area (Å²) in [6.45, 7) is 0.482. The molecule has 26 heavy (non-hydrogen) atoms. The highest BCUT2D eigenvalue weighted by Gasteiger charge is 2.28. The van der Waals surface area contributed by atoms with Crippen molar-refractivity contribution in [1.82, 2.24) is 0 Å². The van der Waals surface area contributed by atoms with Gasteiger partial charge in [0.25, 0.3) is 0 Å². The molecule has 1 N–H and O–H groups in total. The van der Waals surface area contributed by atoms with Gasteiger partial charge in [0.1, 0.15) is 0 Å². The first-order valence-electron chi connectivity index (χ1n) is 8.44. The fraction of sp³-hybridized carbons (Fsp3) is 0.263. The Morgan fingerprint density at radius 3 is 2.27 bits per heavy atom. The molecule has 6 nitrogen and oxygen atoms in total. The number of rotatable bonds is 6. The molecule has 3 rings (SSSR count). The van der Waals surface area contributed by atoms with E-state index in [2.05, 4.69) is 5.32 Å². The number of benzene rings is 2. The molecule has 7 heteroatoms. The third kappa shape index (κ3) is 4.29. The largest absolute Gasteiger partial charge is 0.326 e. The van der Waals surface area contributed by atoms with E-state index < -0.39 is 10.0 Å². The third-order valence-electron chi connectivity index (χ3n) is 4.21. The maximum atomic E-state index is 12.0. The molecular formula is C19H20N2O4S. The molecule has 1 heterocycles. The minimum Gasteiger partial charge on any atom is -0.326 e. The summed E-state index contributed by atoms with van der Waals surface area (Å²) in [6, 6.07) is 15.5. The number of ketones is 1. The summed E-state index contributed by atoms with van der Waals surface area (Å²) < 4.78 is 25.2. The van der Waals surface area contributed by atoms with Crippen molar-refractivity contribution in [2.24, 2.45) is 0 Å². The van der Waals surface area contributed by atoms with Gasteiger partial charge in [0.05, 0.1) is 11.4 Å². The highest BCUT2D eigenvalue weighted by molar-refractivity contribution is 7.93. The van der Waals surface area contributed by atoms with Crippen LogP contribution < -0.4 is 9.62 Å². The second-order valence-corrected chi connectivity index (χ2v) is 8.14. The molecule has 0 saturated carbocycles. The molecular weight excluding hydrogens is 352 g/mol. The fourth-order valence-electron chi connectivity index (χ4n) is 2.86. The van der Waals surface area contributed by atoms with Crippen molar-refractivity contribution >= 4 is 33.1 Å². The van der Waals surface area contributed by atoms with Gasteiger partial charge >= 0.3 is 0 Å². The minimum absolute atomic E-state index is 0.0738. The molecule has 0 aromatic heterocycles. The van der Waals surface area contributed by atoms with E-state index in [0.29, 0.717) is 29.9 Å². The van der Waals surface area contributed by atoms with Gasteiger partial charge in [-0.3, -0.25) is 13.9 Å². The van der Waals surface area contributed by atoms with Crippen molar-refractivity contribution in [3.8, 4) is 0 Å². The smallest absolute Gasteiger partial charge is 0.235 e. The molecule has 1 saturated heterocycles. The molecule has 136 valence electrons. The van der Waals surface area contributed by atoms with Crippen molar-refractivity contribution in [3.63, 3.8) is 0 Å². The number of anilines is 2. The molecule has 1 amide bonds. The van der Waals surface area contributed by atoms with Gasteiger partial charge in [-0.25, -0.2) is 8.42 Å². The Bertz CT molecular complexity index is 893. The monoisotopic (exact) mass is 372 g/mol. The van der Waals surface area contributed by atoms with Crippen molar-refractivity contribution < 1.29 is 18.0 Å². The number of nitrogens with one attached hydrogen (secondary N) is 1. The Morgan fingerprint density at radius 1 is 0.962 bits per heavy atom. The number of hydrogen-bond donors (Lipinski definition) is 1. The van der Waals surface area contributed by atoms with Crippen LogP contribution in [0.4, 0.5) is 11.4 Å². The Morgan fingerprint density at radius 2 is 1.65 bits per heavy atom. The summed E-state index contributed by atoms with van der Waals surface area (Å²) in [5, 5.41) is 2.73. The molecule has 0 radical (unpaired) electrons. The fourth-order valence-corrected chi connectivity index (χ4v) is 4.42. The number of hydrogen-bond acceptors (Lipinski definition) is 4. The number of amides is 1. The first-order valence-corrected chi connectivity index (χ1v) is 10.1. The van der Waals surface area contributed by atoms with Gasteiger partial charge < -0.3 is 5.32 Å². The van der Waals surface area contributed by atoms with Crippen molar-refractivity contribution in [1.29, 1.82) is 0 Å². The number of carbonyl (C=O) groups excluding carboxylic acids is 2. The lowest BCUT2D eigenvalue weighted by Crippen LogP contribution is -2.25. The van der Waals surface area contributed by atoms with Gasteiger partial charge in [0.15, 0.2) is 5.78 Å². The lowest BCUT2D eigenvalue weighted by Gasteiger charge is -2.17. The van der Waals surface area contributed by atoms with E-state index in [9.17, 15) is 18.0 Å². The summed E-state index contributed by atoms with van der Waals surface area (Å²) in [4.78, 5) is 24.0. The standard InChI is InChI=1S/C19H20N2O4S/c22-18(15-5-2-1-3-6-15)11-12-19(23)20-16-7-9-17(10-8-16)21-13-4-14-26(21,24)25/h1-3,5-10H,4,11-14H2,(H,20,23). The van der Waals surface area contributed by atoms with E-state index in [1.807, 2.05) is 6.07 Å². The molecule has 2 aromatic rings. The van der Waals surface area contributed by atoms with Crippen LogP contribution in [-0.2, 0) is 14.8 Å². The van der Waals surface area contributed by atoms with E-state index in [-0.39, 0.29) is 30.3 Å². The van der Waals surface area contributed by atoms with Crippen LogP contribution in [0.3, 0.4) is 0 Å². The Kier molecular flexibility index (Phi) is 5.37. The first kappa shape index (κ1) is 18.1. The second kappa shape index (κ2) is 7.70. The SMILES string of the molecule is O=C(CCC(=O)c1ccccc1)Nc1ccc(N2CCCS2(=O)=O)cc1. The molecule has 1 aliphatic rings. The average molecular weight is 372 g/mol. The van der Waals surface area contributed by atoms with Crippen molar-refractivity contribution in [2.75, 3.05) is 21.9 Å². The maximum Gasteiger partial charge on any atom is 0.235 e. The van der Waals surface area contributed by atoms with Gasteiger partial charge in [0.2, 0.25) is 15.9 Å². The van der Waals surface area contributed by atoms with E-state index in [0.717, 1.165) is 0 Å². The minimum atomic E-state index is -3.21. The van der Waals surface area contributed by atoms with Crippen LogP contribution in [0.2, 0.25) is 0 Å². The van der Waals surface area contributed by atoms with Crippen molar-refractivity contribution in [3.05, 3.63) is 60.2 Å². The molecule has 2 aromatic carbocycles. The van der Waals surface area contributed by atoms with Crippen LogP contribution in [0, 0.1) is 0 Å². The van der Waals surface area contributed by atoms with E-state index in [4.69, 9.17) is 0 Å². The van der Waals surface area contributed by atoms with E-state index in [1.54, 1.807) is 48.5 Å². The normalized spacial score (nSPS) is 15.6. The predicted molar refractivity (Wildman–Crippen MR) is 101 cm³/mol. The lowest BCUT2D eigenvalue weighted by molar-refractivity contribution is -0.116. The zero-order chi connectivity index (χ0) is 18.6. The van der Waals surface area contributed by atoms with Gasteiger partial charge in [-0.2, -0.15) is 0 Å². The van der Waals surface area contributed by atoms with Crippen LogP contribution in [0.15, 0.2) is 54.6 Å². The number of carbonyl (C=O) groups is 2. The molecule has 0 bridgehead atoms. The zero-order valence-corrected chi connectivity index (χ0v) is 15.0. The predicted octanol–water partition coefficient (Wildman–Crippen LogP) is 2.83. The Hall–Kier alpha value is -2.67. The van der Waals surface area contributed by atoms with E-state index >= 15 is 0 Å². The summed E-state index contributed by atoms with van der Waals surface area (Å²) in [7, 11) is -3.21. The first-order chi connectivity index (χ1) is 12.5. The summed E-state index contributed by atoms with van der Waals surface area (Å²) >= 11 is 0. The Balaban J connectivity index is 1.54. The number of nitrogens with zero attached hydrogens (tertiary/aromatic N) is 1. The van der Waals surface area contributed by atoms with Crippen molar-refractivity contribution in [2.45, 2.75) is 19.3 Å². The molecule has 0 unspecified atom stereocenters. The number of sulfonamides is 1. The molecule has 0 atom stereocenters. The highest BCUT2D eigenvalue weighted by atomic mass is 32.2.